The molecule has 128 valence electrons. The molecule has 8 nitrogen and oxygen atoms in total. The molecule has 1 unspecified atom stereocenters. The smallest absolute Gasteiger partial charge is 0.307 e. The number of para-hydroxylation sites is 1. The second-order valence-electron chi connectivity index (χ2n) is 5.66. The van der Waals surface area contributed by atoms with Crippen molar-refractivity contribution in [3.8, 4) is 0 Å². The monoisotopic (exact) mass is 344 g/mol. The van der Waals surface area contributed by atoms with Crippen LogP contribution in [0.25, 0.3) is 0 Å². The molecule has 0 radical (unpaired) electrons. The minimum absolute atomic E-state index is 0.0562. The fraction of sp³-hybridized carbons (Fsp3) is 0.500. The van der Waals surface area contributed by atoms with Crippen LogP contribution in [0.15, 0.2) is 24.3 Å². The number of carboxylic acid groups (broad SMARTS) is 1. The van der Waals surface area contributed by atoms with Gasteiger partial charge in [-0.15, -0.1) is 0 Å². The molecule has 9 heteroatoms. The lowest BCUT2D eigenvalue weighted by atomic mass is 9.98. The zero-order chi connectivity index (χ0) is 17.6. The molecule has 0 fully saturated rings. The summed E-state index contributed by atoms with van der Waals surface area (Å²) in [6, 6.07) is 5.55. The van der Waals surface area contributed by atoms with Crippen LogP contribution in [-0.4, -0.2) is 31.0 Å². The van der Waals surface area contributed by atoms with Crippen molar-refractivity contribution >= 4 is 21.7 Å². The Morgan fingerprint density at radius 1 is 1.35 bits per heavy atom. The Hall–Kier alpha value is -2.00. The Kier molecular flexibility index (Phi) is 6.64. The number of aliphatic carboxylic acids is 1. The molecule has 0 aliphatic rings. The van der Waals surface area contributed by atoms with Crippen LogP contribution in [0.3, 0.4) is 0 Å². The van der Waals surface area contributed by atoms with E-state index in [9.17, 15) is 23.3 Å². The number of hydrogen-bond acceptors (Lipinski definition) is 5. The summed E-state index contributed by atoms with van der Waals surface area (Å²) in [5, 5.41) is 20.0. The van der Waals surface area contributed by atoms with Gasteiger partial charge in [0.1, 0.15) is 0 Å². The molecule has 0 aliphatic heterocycles. The van der Waals surface area contributed by atoms with Crippen LogP contribution < -0.4 is 4.72 Å². The van der Waals surface area contributed by atoms with Gasteiger partial charge in [-0.2, -0.15) is 0 Å². The number of benzene rings is 1. The van der Waals surface area contributed by atoms with E-state index in [1.165, 1.54) is 24.3 Å². The van der Waals surface area contributed by atoms with Crippen molar-refractivity contribution in [2.24, 2.45) is 11.8 Å². The number of nitrogens with one attached hydrogen (secondary N) is 1. The molecule has 23 heavy (non-hydrogen) atoms. The number of carbonyl (C=O) groups is 1. The van der Waals surface area contributed by atoms with E-state index in [1.54, 1.807) is 0 Å². The van der Waals surface area contributed by atoms with Crippen molar-refractivity contribution in [3.05, 3.63) is 39.9 Å². The van der Waals surface area contributed by atoms with Gasteiger partial charge in [-0.1, -0.05) is 32.0 Å². The Morgan fingerprint density at radius 3 is 2.48 bits per heavy atom. The maximum Gasteiger partial charge on any atom is 0.307 e. The van der Waals surface area contributed by atoms with Crippen LogP contribution in [0.4, 0.5) is 5.69 Å². The molecule has 0 saturated carbocycles. The van der Waals surface area contributed by atoms with Crippen molar-refractivity contribution in [2.75, 3.05) is 6.54 Å². The average molecular weight is 344 g/mol. The lowest BCUT2D eigenvalue weighted by molar-refractivity contribution is -0.385. The van der Waals surface area contributed by atoms with Crippen molar-refractivity contribution in [1.29, 1.82) is 0 Å². The van der Waals surface area contributed by atoms with Gasteiger partial charge in [0, 0.05) is 18.2 Å². The topological polar surface area (TPSA) is 127 Å². The number of nitro groups is 1. The number of hydrogen-bond donors (Lipinski definition) is 2. The van der Waals surface area contributed by atoms with Crippen LogP contribution in [0.1, 0.15) is 25.8 Å². The molecule has 0 heterocycles. The average Bonchev–Trinajstić information content (AvgIpc) is 2.42. The van der Waals surface area contributed by atoms with Gasteiger partial charge in [-0.25, -0.2) is 13.1 Å². The third kappa shape index (κ3) is 6.33. The van der Waals surface area contributed by atoms with Crippen LogP contribution in [0.5, 0.6) is 0 Å². The maximum atomic E-state index is 12.1. The maximum absolute atomic E-state index is 12.1. The SMILES string of the molecule is CC(C)CC(CNS(=O)(=O)Cc1ccccc1[N+](=O)[O-])C(=O)O. The summed E-state index contributed by atoms with van der Waals surface area (Å²) >= 11 is 0. The molecule has 0 spiro atoms. The minimum Gasteiger partial charge on any atom is -0.481 e. The second kappa shape index (κ2) is 8.02. The van der Waals surface area contributed by atoms with Crippen molar-refractivity contribution in [3.63, 3.8) is 0 Å². The van der Waals surface area contributed by atoms with Gasteiger partial charge < -0.3 is 5.11 Å². The largest absolute Gasteiger partial charge is 0.481 e. The van der Waals surface area contributed by atoms with E-state index >= 15 is 0 Å². The van der Waals surface area contributed by atoms with Gasteiger partial charge in [0.15, 0.2) is 0 Å². The van der Waals surface area contributed by atoms with Crippen molar-refractivity contribution in [2.45, 2.75) is 26.0 Å². The Bertz CT molecular complexity index is 672. The fourth-order valence-corrected chi connectivity index (χ4v) is 3.35. The zero-order valence-corrected chi connectivity index (χ0v) is 13.7. The summed E-state index contributed by atoms with van der Waals surface area (Å²) in [6.07, 6.45) is 0.337. The van der Waals surface area contributed by atoms with E-state index in [1.807, 2.05) is 13.8 Å². The number of carboxylic acids is 1. The van der Waals surface area contributed by atoms with Gasteiger partial charge in [-0.05, 0) is 12.3 Å². The van der Waals surface area contributed by atoms with Crippen LogP contribution >= 0.6 is 0 Å². The van der Waals surface area contributed by atoms with Gasteiger partial charge in [0.05, 0.1) is 16.6 Å². The van der Waals surface area contributed by atoms with Crippen LogP contribution in [0, 0.1) is 22.0 Å². The lowest BCUT2D eigenvalue weighted by Gasteiger charge is -2.15. The van der Waals surface area contributed by atoms with Gasteiger partial charge in [0.2, 0.25) is 10.0 Å². The summed E-state index contributed by atoms with van der Waals surface area (Å²) in [7, 11) is -3.87. The zero-order valence-electron chi connectivity index (χ0n) is 12.9. The van der Waals surface area contributed by atoms with E-state index < -0.39 is 32.6 Å². The molecule has 0 aromatic heterocycles. The summed E-state index contributed by atoms with van der Waals surface area (Å²) in [6.45, 7) is 3.45. The number of nitro benzene ring substituents is 1. The summed E-state index contributed by atoms with van der Waals surface area (Å²) in [5.74, 6) is -2.38. The minimum atomic E-state index is -3.87. The first kappa shape index (κ1) is 19.0. The highest BCUT2D eigenvalue weighted by molar-refractivity contribution is 7.88. The van der Waals surface area contributed by atoms with Crippen LogP contribution in [-0.2, 0) is 20.6 Å². The highest BCUT2D eigenvalue weighted by atomic mass is 32.2. The molecule has 1 aromatic rings. The van der Waals surface area contributed by atoms with Crippen molar-refractivity contribution < 1.29 is 23.2 Å². The summed E-state index contributed by atoms with van der Waals surface area (Å²) in [4.78, 5) is 21.4. The van der Waals surface area contributed by atoms with E-state index in [0.29, 0.717) is 6.42 Å². The second-order valence-corrected chi connectivity index (χ2v) is 7.46. The molecule has 0 aliphatic carbocycles. The lowest BCUT2D eigenvalue weighted by Crippen LogP contribution is -2.34. The van der Waals surface area contributed by atoms with Crippen LogP contribution in [0.2, 0.25) is 0 Å². The quantitative estimate of drug-likeness (QED) is 0.519. The van der Waals surface area contributed by atoms with E-state index in [2.05, 4.69) is 4.72 Å². The molecule has 0 amide bonds. The predicted octanol–water partition coefficient (Wildman–Crippen LogP) is 1.76. The molecule has 1 atom stereocenters. The highest BCUT2D eigenvalue weighted by Crippen LogP contribution is 2.20. The summed E-state index contributed by atoms with van der Waals surface area (Å²) < 4.78 is 26.4. The summed E-state index contributed by atoms with van der Waals surface area (Å²) in [5.41, 5.74) is -0.226. The Labute approximate surface area is 134 Å². The molecule has 2 N–H and O–H groups in total. The predicted molar refractivity (Wildman–Crippen MR) is 84.3 cm³/mol. The number of sulfonamides is 1. The first-order valence-electron chi connectivity index (χ1n) is 7.05. The standard InChI is InChI=1S/C14H20N2O6S/c1-10(2)7-12(14(17)18)8-15-23(21,22)9-11-5-3-4-6-13(11)16(19)20/h3-6,10,12,15H,7-9H2,1-2H3,(H,17,18). The number of nitrogens with zero attached hydrogens (tertiary/aromatic N) is 1. The van der Waals surface area contributed by atoms with E-state index in [0.717, 1.165) is 0 Å². The van der Waals surface area contributed by atoms with E-state index in [-0.39, 0.29) is 23.7 Å². The molecular weight excluding hydrogens is 324 g/mol. The van der Waals surface area contributed by atoms with E-state index in [4.69, 9.17) is 5.11 Å². The third-order valence-electron chi connectivity index (χ3n) is 3.19. The number of rotatable bonds is 9. The third-order valence-corrected chi connectivity index (χ3v) is 4.49. The fourth-order valence-electron chi connectivity index (χ4n) is 2.13. The van der Waals surface area contributed by atoms with Crippen molar-refractivity contribution in [1.82, 2.24) is 4.72 Å². The molecule has 0 bridgehead atoms. The highest BCUT2D eigenvalue weighted by Gasteiger charge is 2.24. The van der Waals surface area contributed by atoms with Gasteiger partial charge in [-0.3, -0.25) is 14.9 Å². The molecule has 1 rings (SSSR count). The normalized spacial score (nSPS) is 13.0. The Morgan fingerprint density at radius 2 is 1.96 bits per heavy atom. The van der Waals surface area contributed by atoms with Gasteiger partial charge >= 0.3 is 5.97 Å². The Balaban J connectivity index is 2.81. The first-order valence-corrected chi connectivity index (χ1v) is 8.70. The molecular formula is C14H20N2O6S. The van der Waals surface area contributed by atoms with Gasteiger partial charge in [0.25, 0.3) is 5.69 Å². The molecule has 1 aromatic carbocycles. The molecule has 0 saturated heterocycles. The first-order chi connectivity index (χ1) is 10.6.